The molecule has 3 aromatic carbocycles. The fourth-order valence-corrected chi connectivity index (χ4v) is 5.68. The standard InChI is InChI=1S/C24H24N4O2S2/c1-3-28(4-2)32(29,30)21-13-8-11-19(15-21)23-17-31-24(26-23)27-25-16-20-12-7-10-18-9-5-6-14-22(18)20/h5-17H,3-4H2,1-2H3,(H,26,27)/b25-16+. The Bertz CT molecular complexity index is 1350. The molecule has 0 saturated heterocycles. The average molecular weight is 465 g/mol. The van der Waals surface area contributed by atoms with Crippen LogP contribution >= 0.6 is 11.3 Å². The van der Waals surface area contributed by atoms with E-state index in [2.05, 4.69) is 33.7 Å². The van der Waals surface area contributed by atoms with E-state index >= 15 is 0 Å². The van der Waals surface area contributed by atoms with E-state index in [1.54, 1.807) is 24.4 Å². The lowest BCUT2D eigenvalue weighted by atomic mass is 10.1. The lowest BCUT2D eigenvalue weighted by Gasteiger charge is -2.18. The van der Waals surface area contributed by atoms with Gasteiger partial charge in [0.15, 0.2) is 0 Å². The number of hydrazone groups is 1. The average Bonchev–Trinajstić information content (AvgIpc) is 3.29. The number of sulfonamides is 1. The van der Waals surface area contributed by atoms with Gasteiger partial charge >= 0.3 is 0 Å². The Labute approximate surface area is 192 Å². The molecule has 0 fully saturated rings. The number of nitrogens with one attached hydrogen (secondary N) is 1. The van der Waals surface area contributed by atoms with Crippen LogP contribution in [0.15, 0.2) is 82.1 Å². The predicted octanol–water partition coefficient (Wildman–Crippen LogP) is 5.44. The molecule has 0 amide bonds. The molecular formula is C24H24N4O2S2. The van der Waals surface area contributed by atoms with Crippen LogP contribution in [0.2, 0.25) is 0 Å². The molecule has 164 valence electrons. The van der Waals surface area contributed by atoms with Gasteiger partial charge in [0.05, 0.1) is 16.8 Å². The van der Waals surface area contributed by atoms with Crippen LogP contribution in [0, 0.1) is 0 Å². The van der Waals surface area contributed by atoms with Gasteiger partial charge in [0.1, 0.15) is 0 Å². The highest BCUT2D eigenvalue weighted by Gasteiger charge is 2.22. The Morgan fingerprint density at radius 2 is 1.78 bits per heavy atom. The van der Waals surface area contributed by atoms with Crippen LogP contribution in [0.25, 0.3) is 22.0 Å². The second-order valence-electron chi connectivity index (χ2n) is 7.09. The molecule has 0 radical (unpaired) electrons. The summed E-state index contributed by atoms with van der Waals surface area (Å²) >= 11 is 1.42. The van der Waals surface area contributed by atoms with Crippen LogP contribution in [0.3, 0.4) is 0 Å². The first-order valence-electron chi connectivity index (χ1n) is 10.4. The molecule has 4 rings (SSSR count). The molecule has 0 unspecified atom stereocenters. The number of aromatic nitrogens is 1. The number of thiazole rings is 1. The zero-order valence-electron chi connectivity index (χ0n) is 17.9. The smallest absolute Gasteiger partial charge is 0.243 e. The minimum absolute atomic E-state index is 0.273. The van der Waals surface area contributed by atoms with Crippen molar-refractivity contribution in [3.05, 3.63) is 77.7 Å². The normalized spacial score (nSPS) is 12.1. The summed E-state index contributed by atoms with van der Waals surface area (Å²) in [5.41, 5.74) is 5.45. The van der Waals surface area contributed by atoms with E-state index in [0.717, 1.165) is 21.9 Å². The summed E-state index contributed by atoms with van der Waals surface area (Å²) in [7, 11) is -3.52. The Balaban J connectivity index is 1.53. The van der Waals surface area contributed by atoms with Crippen molar-refractivity contribution in [3.63, 3.8) is 0 Å². The largest absolute Gasteiger partial charge is 0.253 e. The Hall–Kier alpha value is -3.07. The molecule has 0 saturated carbocycles. The number of hydrogen-bond donors (Lipinski definition) is 1. The highest BCUT2D eigenvalue weighted by Crippen LogP contribution is 2.27. The van der Waals surface area contributed by atoms with Crippen molar-refractivity contribution >= 4 is 43.5 Å². The second kappa shape index (κ2) is 9.60. The molecule has 0 aliphatic heterocycles. The molecule has 0 bridgehead atoms. The molecule has 0 atom stereocenters. The van der Waals surface area contributed by atoms with Crippen molar-refractivity contribution in [2.24, 2.45) is 5.10 Å². The van der Waals surface area contributed by atoms with Crippen molar-refractivity contribution in [3.8, 4) is 11.3 Å². The first kappa shape index (κ1) is 22.1. The fraction of sp³-hybridized carbons (Fsp3) is 0.167. The summed E-state index contributed by atoms with van der Waals surface area (Å²) in [5, 5.41) is 9.15. The molecule has 1 N–H and O–H groups in total. The Kier molecular flexibility index (Phi) is 6.64. The summed E-state index contributed by atoms with van der Waals surface area (Å²) in [5.74, 6) is 0. The van der Waals surface area contributed by atoms with Gasteiger partial charge in [0, 0.05) is 29.6 Å². The zero-order chi connectivity index (χ0) is 22.6. The van der Waals surface area contributed by atoms with Crippen LogP contribution in [0.4, 0.5) is 5.13 Å². The molecule has 0 spiro atoms. The van der Waals surface area contributed by atoms with Gasteiger partial charge in [-0.15, -0.1) is 11.3 Å². The summed E-state index contributed by atoms with van der Waals surface area (Å²) in [4.78, 5) is 4.84. The van der Waals surface area contributed by atoms with Gasteiger partial charge in [-0.25, -0.2) is 13.4 Å². The number of nitrogens with zero attached hydrogens (tertiary/aromatic N) is 3. The van der Waals surface area contributed by atoms with E-state index in [1.165, 1.54) is 15.6 Å². The Morgan fingerprint density at radius 3 is 2.59 bits per heavy atom. The van der Waals surface area contributed by atoms with Crippen LogP contribution in [-0.4, -0.2) is 37.0 Å². The van der Waals surface area contributed by atoms with Gasteiger partial charge in [-0.05, 0) is 22.9 Å². The molecule has 32 heavy (non-hydrogen) atoms. The maximum Gasteiger partial charge on any atom is 0.243 e. The highest BCUT2D eigenvalue weighted by atomic mass is 32.2. The van der Waals surface area contributed by atoms with Crippen LogP contribution in [-0.2, 0) is 10.0 Å². The first-order chi connectivity index (χ1) is 15.5. The quantitative estimate of drug-likeness (QED) is 0.278. The van der Waals surface area contributed by atoms with Crippen molar-refractivity contribution < 1.29 is 8.42 Å². The van der Waals surface area contributed by atoms with Crippen molar-refractivity contribution in [2.75, 3.05) is 18.5 Å². The SMILES string of the molecule is CCN(CC)S(=O)(=O)c1cccc(-c2csc(N/N=C/c3cccc4ccccc34)n2)c1. The summed E-state index contributed by atoms with van der Waals surface area (Å²) in [6.45, 7) is 4.54. The zero-order valence-corrected chi connectivity index (χ0v) is 19.5. The third-order valence-corrected chi connectivity index (χ3v) is 7.96. The van der Waals surface area contributed by atoms with Crippen LogP contribution in [0.5, 0.6) is 0 Å². The Morgan fingerprint density at radius 1 is 1.03 bits per heavy atom. The lowest BCUT2D eigenvalue weighted by molar-refractivity contribution is 0.445. The first-order valence-corrected chi connectivity index (χ1v) is 12.7. The third kappa shape index (κ3) is 4.57. The van der Waals surface area contributed by atoms with Gasteiger partial charge in [0.25, 0.3) is 0 Å². The number of benzene rings is 3. The van der Waals surface area contributed by atoms with Crippen molar-refractivity contribution in [1.82, 2.24) is 9.29 Å². The minimum Gasteiger partial charge on any atom is -0.253 e. The van der Waals surface area contributed by atoms with Gasteiger partial charge in [-0.1, -0.05) is 68.4 Å². The molecule has 8 heteroatoms. The molecule has 6 nitrogen and oxygen atoms in total. The lowest BCUT2D eigenvalue weighted by Crippen LogP contribution is -2.30. The monoisotopic (exact) mass is 464 g/mol. The van der Waals surface area contributed by atoms with E-state index < -0.39 is 10.0 Å². The van der Waals surface area contributed by atoms with E-state index in [9.17, 15) is 8.42 Å². The van der Waals surface area contributed by atoms with Crippen LogP contribution in [0.1, 0.15) is 19.4 Å². The molecule has 4 aromatic rings. The van der Waals surface area contributed by atoms with E-state index in [-0.39, 0.29) is 4.90 Å². The predicted molar refractivity (Wildman–Crippen MR) is 133 cm³/mol. The molecule has 0 aliphatic carbocycles. The summed E-state index contributed by atoms with van der Waals surface area (Å²) in [6.07, 6.45) is 1.78. The van der Waals surface area contributed by atoms with Gasteiger partial charge in [-0.3, -0.25) is 5.43 Å². The topological polar surface area (TPSA) is 74.7 Å². The maximum absolute atomic E-state index is 12.8. The highest BCUT2D eigenvalue weighted by molar-refractivity contribution is 7.89. The summed E-state index contributed by atoms with van der Waals surface area (Å²) in [6, 6.07) is 21.2. The number of hydrogen-bond acceptors (Lipinski definition) is 6. The fourth-order valence-electron chi connectivity index (χ4n) is 3.51. The van der Waals surface area contributed by atoms with Gasteiger partial charge < -0.3 is 0 Å². The number of fused-ring (bicyclic) bond motifs is 1. The minimum atomic E-state index is -3.52. The third-order valence-electron chi connectivity index (χ3n) is 5.16. The second-order valence-corrected chi connectivity index (χ2v) is 9.89. The molecular weight excluding hydrogens is 440 g/mol. The van der Waals surface area contributed by atoms with E-state index in [0.29, 0.717) is 23.9 Å². The number of rotatable bonds is 8. The maximum atomic E-state index is 12.8. The number of anilines is 1. The van der Waals surface area contributed by atoms with Gasteiger partial charge in [-0.2, -0.15) is 9.41 Å². The van der Waals surface area contributed by atoms with Crippen molar-refractivity contribution in [1.29, 1.82) is 0 Å². The van der Waals surface area contributed by atoms with Gasteiger partial charge in [0.2, 0.25) is 15.2 Å². The summed E-state index contributed by atoms with van der Waals surface area (Å²) < 4.78 is 27.1. The molecule has 1 aromatic heterocycles. The molecule has 0 aliphatic rings. The van der Waals surface area contributed by atoms with Crippen LogP contribution < -0.4 is 5.43 Å². The van der Waals surface area contributed by atoms with E-state index in [1.807, 2.05) is 49.6 Å². The van der Waals surface area contributed by atoms with Crippen molar-refractivity contribution in [2.45, 2.75) is 18.7 Å². The van der Waals surface area contributed by atoms with E-state index in [4.69, 9.17) is 0 Å². The molecule has 1 heterocycles.